The second-order valence-electron chi connectivity index (χ2n) is 4.59. The highest BCUT2D eigenvalue weighted by Crippen LogP contribution is 2.49. The van der Waals surface area contributed by atoms with E-state index in [0.29, 0.717) is 5.56 Å². The van der Waals surface area contributed by atoms with Gasteiger partial charge in [-0.1, -0.05) is 47.8 Å². The van der Waals surface area contributed by atoms with E-state index in [-0.39, 0.29) is 18.0 Å². The molecular weight excluding hydrogens is 288 g/mol. The summed E-state index contributed by atoms with van der Waals surface area (Å²) in [5.74, 6) is -0.191. The molecule has 0 radical (unpaired) electrons. The molecule has 0 bridgehead atoms. The van der Waals surface area contributed by atoms with Gasteiger partial charge in [-0.05, 0) is 25.1 Å². The summed E-state index contributed by atoms with van der Waals surface area (Å²) in [7, 11) is 0. The van der Waals surface area contributed by atoms with E-state index in [2.05, 4.69) is 12.1 Å². The summed E-state index contributed by atoms with van der Waals surface area (Å²) in [5.41, 5.74) is 0.657. The van der Waals surface area contributed by atoms with Crippen LogP contribution in [0.3, 0.4) is 0 Å². The topological polar surface area (TPSA) is 34.1 Å². The third-order valence-electron chi connectivity index (χ3n) is 2.97. The second kappa shape index (κ2) is 5.46. The first-order valence-corrected chi connectivity index (χ1v) is 7.89. The molecule has 0 amide bonds. The molecule has 0 spiro atoms. The molecule has 0 unspecified atom stereocenters. The number of carbonyl (C=O) groups is 2. The molecule has 0 N–H and O–H groups in total. The molecule has 0 atom stereocenters. The lowest BCUT2D eigenvalue weighted by Crippen LogP contribution is -2.07. The van der Waals surface area contributed by atoms with Gasteiger partial charge < -0.3 is 0 Å². The van der Waals surface area contributed by atoms with Crippen molar-refractivity contribution in [2.45, 2.75) is 32.9 Å². The van der Waals surface area contributed by atoms with E-state index in [1.807, 2.05) is 30.3 Å². The maximum atomic E-state index is 12.2. The predicted octanol–water partition coefficient (Wildman–Crippen LogP) is 4.46. The predicted molar refractivity (Wildman–Crippen MR) is 80.8 cm³/mol. The van der Waals surface area contributed by atoms with Gasteiger partial charge in [-0.25, -0.2) is 0 Å². The van der Waals surface area contributed by atoms with Crippen LogP contribution in [0.1, 0.15) is 23.7 Å². The molecular formula is C16H12O2S2. The van der Waals surface area contributed by atoms with Crippen LogP contribution < -0.4 is 0 Å². The number of ketones is 2. The highest BCUT2D eigenvalue weighted by Gasteiger charge is 2.22. The van der Waals surface area contributed by atoms with Gasteiger partial charge in [0.1, 0.15) is 5.78 Å². The van der Waals surface area contributed by atoms with E-state index < -0.39 is 0 Å². The molecule has 0 saturated heterocycles. The van der Waals surface area contributed by atoms with E-state index in [4.69, 9.17) is 0 Å². The number of hydrogen-bond donors (Lipinski definition) is 0. The van der Waals surface area contributed by atoms with E-state index in [0.717, 1.165) is 14.7 Å². The zero-order valence-electron chi connectivity index (χ0n) is 10.9. The van der Waals surface area contributed by atoms with Gasteiger partial charge in [0.15, 0.2) is 5.78 Å². The lowest BCUT2D eigenvalue weighted by molar-refractivity contribution is -0.116. The van der Waals surface area contributed by atoms with Crippen molar-refractivity contribution in [2.24, 2.45) is 0 Å². The third-order valence-corrected chi connectivity index (χ3v) is 5.58. The Morgan fingerprint density at radius 3 is 2.25 bits per heavy atom. The van der Waals surface area contributed by atoms with Gasteiger partial charge in [-0.15, -0.1) is 0 Å². The van der Waals surface area contributed by atoms with Gasteiger partial charge in [0.25, 0.3) is 0 Å². The minimum atomic E-state index is -0.0959. The first-order valence-electron chi connectivity index (χ1n) is 6.25. The Morgan fingerprint density at radius 2 is 1.55 bits per heavy atom. The maximum absolute atomic E-state index is 12.2. The molecule has 2 aromatic rings. The number of benzene rings is 2. The van der Waals surface area contributed by atoms with Crippen molar-refractivity contribution in [3.05, 3.63) is 48.0 Å². The molecule has 1 heterocycles. The van der Waals surface area contributed by atoms with E-state index in [1.165, 1.54) is 11.8 Å². The monoisotopic (exact) mass is 300 g/mol. The quantitative estimate of drug-likeness (QED) is 0.528. The lowest BCUT2D eigenvalue weighted by Gasteiger charge is -2.20. The van der Waals surface area contributed by atoms with Crippen LogP contribution in [-0.2, 0) is 4.79 Å². The largest absolute Gasteiger partial charge is 0.300 e. The molecule has 0 aliphatic carbocycles. The van der Waals surface area contributed by atoms with E-state index in [1.54, 1.807) is 23.5 Å². The van der Waals surface area contributed by atoms with Crippen LogP contribution in [0.15, 0.2) is 62.0 Å². The van der Waals surface area contributed by atoms with Crippen LogP contribution in [0.4, 0.5) is 0 Å². The Bertz CT molecular complexity index is 707. The standard InChI is InChI=1S/C16H12O2S2/c1-10(17)9-12(18)11-5-4-8-15-16(11)20-14-7-3-2-6-13(14)19-15/h2-8H,9H2,1H3. The summed E-state index contributed by atoms with van der Waals surface area (Å²) in [6.07, 6.45) is -0.0245. The van der Waals surface area contributed by atoms with Gasteiger partial charge >= 0.3 is 0 Å². The third kappa shape index (κ3) is 2.53. The van der Waals surface area contributed by atoms with Crippen LogP contribution >= 0.6 is 23.5 Å². The molecule has 0 saturated carbocycles. The Morgan fingerprint density at radius 1 is 0.900 bits per heavy atom. The average Bonchev–Trinajstić information content (AvgIpc) is 2.43. The fourth-order valence-electron chi connectivity index (χ4n) is 2.09. The van der Waals surface area contributed by atoms with Crippen LogP contribution in [0.2, 0.25) is 0 Å². The number of Topliss-reactive ketones (excluding diaryl/α,β-unsaturated/α-hetero) is 2. The molecule has 2 nitrogen and oxygen atoms in total. The molecule has 4 heteroatoms. The minimum absolute atomic E-state index is 0.0245. The second-order valence-corrected chi connectivity index (χ2v) is 6.72. The Labute approximate surface area is 126 Å². The van der Waals surface area contributed by atoms with E-state index in [9.17, 15) is 9.59 Å². The number of fused-ring (bicyclic) bond motifs is 2. The molecule has 3 rings (SSSR count). The zero-order valence-corrected chi connectivity index (χ0v) is 12.5. The van der Waals surface area contributed by atoms with Crippen molar-refractivity contribution >= 4 is 35.1 Å². The first-order chi connectivity index (χ1) is 9.65. The summed E-state index contributed by atoms with van der Waals surface area (Å²) in [6.45, 7) is 1.45. The Kier molecular flexibility index (Phi) is 3.68. The van der Waals surface area contributed by atoms with Crippen molar-refractivity contribution in [3.8, 4) is 0 Å². The van der Waals surface area contributed by atoms with E-state index >= 15 is 0 Å². The summed E-state index contributed by atoms with van der Waals surface area (Å²) >= 11 is 3.29. The molecule has 0 aromatic heterocycles. The number of rotatable bonds is 3. The lowest BCUT2D eigenvalue weighted by atomic mass is 10.1. The fourth-order valence-corrected chi connectivity index (χ4v) is 4.49. The minimum Gasteiger partial charge on any atom is -0.300 e. The normalized spacial score (nSPS) is 12.4. The molecule has 1 aliphatic rings. The molecule has 1 aliphatic heterocycles. The molecule has 20 heavy (non-hydrogen) atoms. The van der Waals surface area contributed by atoms with Gasteiger partial charge in [0.05, 0.1) is 6.42 Å². The number of carbonyl (C=O) groups excluding carboxylic acids is 2. The highest BCUT2D eigenvalue weighted by atomic mass is 32.2. The van der Waals surface area contributed by atoms with Gasteiger partial charge in [0.2, 0.25) is 0 Å². The molecule has 100 valence electrons. The van der Waals surface area contributed by atoms with Crippen LogP contribution in [0.5, 0.6) is 0 Å². The zero-order chi connectivity index (χ0) is 14.1. The molecule has 2 aromatic carbocycles. The summed E-state index contributed by atoms with van der Waals surface area (Å²) in [5, 5.41) is 0. The van der Waals surface area contributed by atoms with Gasteiger partial charge in [-0.3, -0.25) is 9.59 Å². The summed E-state index contributed by atoms with van der Waals surface area (Å²) in [6, 6.07) is 13.9. The highest BCUT2D eigenvalue weighted by molar-refractivity contribution is 8.05. The average molecular weight is 300 g/mol. The van der Waals surface area contributed by atoms with Gasteiger partial charge in [0, 0.05) is 25.1 Å². The Balaban J connectivity index is 2.02. The van der Waals surface area contributed by atoms with Gasteiger partial charge in [-0.2, -0.15) is 0 Å². The van der Waals surface area contributed by atoms with Crippen molar-refractivity contribution in [1.82, 2.24) is 0 Å². The van der Waals surface area contributed by atoms with Crippen LogP contribution in [0, 0.1) is 0 Å². The van der Waals surface area contributed by atoms with Crippen molar-refractivity contribution in [1.29, 1.82) is 0 Å². The summed E-state index contributed by atoms with van der Waals surface area (Å²) in [4.78, 5) is 27.8. The Hall–Kier alpha value is -1.52. The smallest absolute Gasteiger partial charge is 0.171 e. The van der Waals surface area contributed by atoms with Crippen LogP contribution in [0.25, 0.3) is 0 Å². The molecule has 0 fully saturated rings. The SMILES string of the molecule is CC(=O)CC(=O)c1cccc2c1Sc1ccccc1S2. The maximum Gasteiger partial charge on any atom is 0.171 e. The first kappa shape index (κ1) is 13.5. The van der Waals surface area contributed by atoms with Crippen molar-refractivity contribution in [3.63, 3.8) is 0 Å². The fraction of sp³-hybridized carbons (Fsp3) is 0.125. The van der Waals surface area contributed by atoms with Crippen LogP contribution in [-0.4, -0.2) is 11.6 Å². The number of hydrogen-bond acceptors (Lipinski definition) is 4. The summed E-state index contributed by atoms with van der Waals surface area (Å²) < 4.78 is 0. The van der Waals surface area contributed by atoms with Crippen molar-refractivity contribution in [2.75, 3.05) is 0 Å². The van der Waals surface area contributed by atoms with Crippen molar-refractivity contribution < 1.29 is 9.59 Å².